The van der Waals surface area contributed by atoms with E-state index in [0.717, 1.165) is 24.3 Å². The largest absolute Gasteiger partial charge is 0.496 e. The lowest BCUT2D eigenvalue weighted by Gasteiger charge is -2.37. The average molecular weight is 317 g/mol. The Labute approximate surface area is 136 Å². The molecule has 0 spiro atoms. The Balaban J connectivity index is 1.66. The van der Waals surface area contributed by atoms with Gasteiger partial charge >= 0.3 is 0 Å². The molecule has 0 unspecified atom stereocenters. The van der Waals surface area contributed by atoms with E-state index < -0.39 is 0 Å². The van der Waals surface area contributed by atoms with Crippen molar-refractivity contribution in [2.24, 2.45) is 0 Å². The minimum absolute atomic E-state index is 0.0341. The first kappa shape index (κ1) is 15.8. The Bertz CT molecular complexity index is 605. The first-order valence-electron chi connectivity index (χ1n) is 7.97. The molecule has 6 heteroatoms. The average Bonchev–Trinajstić information content (AvgIpc) is 2.90. The van der Waals surface area contributed by atoms with Crippen molar-refractivity contribution in [1.82, 2.24) is 15.1 Å². The summed E-state index contributed by atoms with van der Waals surface area (Å²) in [4.78, 5) is 27.7. The zero-order valence-corrected chi connectivity index (χ0v) is 13.6. The summed E-state index contributed by atoms with van der Waals surface area (Å²) in [7, 11) is 1.66. The first-order chi connectivity index (χ1) is 11.1. The maximum atomic E-state index is 12.4. The second kappa shape index (κ2) is 6.58. The Kier molecular flexibility index (Phi) is 4.52. The Hall–Kier alpha value is -2.08. The van der Waals surface area contributed by atoms with Gasteiger partial charge in [-0.25, -0.2) is 0 Å². The molecule has 2 saturated heterocycles. The molecule has 2 amide bonds. The van der Waals surface area contributed by atoms with E-state index in [1.807, 2.05) is 29.2 Å². The van der Waals surface area contributed by atoms with Gasteiger partial charge in [0.15, 0.2) is 0 Å². The third kappa shape index (κ3) is 3.47. The number of hydrogen-bond acceptors (Lipinski definition) is 4. The third-order valence-electron chi connectivity index (χ3n) is 4.56. The number of para-hydroxylation sites is 1. The molecule has 2 aliphatic heterocycles. The van der Waals surface area contributed by atoms with E-state index >= 15 is 0 Å². The highest BCUT2D eigenvalue weighted by Crippen LogP contribution is 2.26. The highest BCUT2D eigenvalue weighted by atomic mass is 16.5. The molecule has 23 heavy (non-hydrogen) atoms. The van der Waals surface area contributed by atoms with Crippen LogP contribution in [0.5, 0.6) is 5.75 Å². The summed E-state index contributed by atoms with van der Waals surface area (Å²) in [6.07, 6.45) is 0.827. The van der Waals surface area contributed by atoms with E-state index in [0.29, 0.717) is 19.6 Å². The summed E-state index contributed by atoms with van der Waals surface area (Å²) in [6, 6.07) is 8.16. The number of benzene rings is 1. The van der Waals surface area contributed by atoms with Gasteiger partial charge in [-0.3, -0.25) is 14.5 Å². The van der Waals surface area contributed by atoms with Crippen molar-refractivity contribution >= 4 is 11.8 Å². The molecule has 124 valence electrons. The molecule has 0 aliphatic carbocycles. The minimum Gasteiger partial charge on any atom is -0.496 e. The number of ether oxygens (including phenoxy) is 1. The normalized spacial score (nSPS) is 24.4. The second-order valence-corrected chi connectivity index (χ2v) is 6.31. The van der Waals surface area contributed by atoms with E-state index in [4.69, 9.17) is 4.74 Å². The molecule has 1 aromatic rings. The monoisotopic (exact) mass is 317 g/mol. The van der Waals surface area contributed by atoms with E-state index in [1.165, 1.54) is 6.92 Å². The van der Waals surface area contributed by atoms with Crippen molar-refractivity contribution in [2.45, 2.75) is 32.0 Å². The van der Waals surface area contributed by atoms with Gasteiger partial charge in [-0.05, 0) is 12.5 Å². The zero-order chi connectivity index (χ0) is 16.4. The standard InChI is InChI=1S/C17H23N3O3/c1-12(21)18-14-7-15-10-19(11-17(22)20(15)9-14)8-13-5-3-4-6-16(13)23-2/h3-6,14-15H,7-11H2,1-2H3,(H,18,21)/t14-,15-/m0/s1. The van der Waals surface area contributed by atoms with E-state index in [9.17, 15) is 9.59 Å². The number of methoxy groups -OCH3 is 1. The summed E-state index contributed by atoms with van der Waals surface area (Å²) in [5, 5.41) is 2.93. The molecular formula is C17H23N3O3. The zero-order valence-electron chi connectivity index (χ0n) is 13.6. The summed E-state index contributed by atoms with van der Waals surface area (Å²) >= 11 is 0. The number of amides is 2. The van der Waals surface area contributed by atoms with Gasteiger partial charge < -0.3 is 15.0 Å². The maximum Gasteiger partial charge on any atom is 0.237 e. The third-order valence-corrected chi connectivity index (χ3v) is 4.56. The maximum absolute atomic E-state index is 12.4. The Morgan fingerprint density at radius 2 is 2.13 bits per heavy atom. The van der Waals surface area contributed by atoms with Crippen molar-refractivity contribution in [3.05, 3.63) is 29.8 Å². The van der Waals surface area contributed by atoms with Gasteiger partial charge in [-0.2, -0.15) is 0 Å². The lowest BCUT2D eigenvalue weighted by molar-refractivity contribution is -0.138. The number of nitrogens with zero attached hydrogens (tertiary/aromatic N) is 2. The van der Waals surface area contributed by atoms with Gasteiger partial charge in [-0.15, -0.1) is 0 Å². The predicted octanol–water partition coefficient (Wildman–Crippen LogP) is 0.616. The fraction of sp³-hybridized carbons (Fsp3) is 0.529. The number of fused-ring (bicyclic) bond motifs is 1. The van der Waals surface area contributed by atoms with Gasteiger partial charge in [0, 0.05) is 44.2 Å². The molecule has 2 aliphatic rings. The van der Waals surface area contributed by atoms with Crippen LogP contribution in [0.25, 0.3) is 0 Å². The molecule has 0 saturated carbocycles. The Morgan fingerprint density at radius 3 is 2.87 bits per heavy atom. The first-order valence-corrected chi connectivity index (χ1v) is 7.97. The van der Waals surface area contributed by atoms with Crippen LogP contribution in [0.15, 0.2) is 24.3 Å². The predicted molar refractivity (Wildman–Crippen MR) is 86.0 cm³/mol. The van der Waals surface area contributed by atoms with Crippen LogP contribution in [0.3, 0.4) is 0 Å². The van der Waals surface area contributed by atoms with Crippen molar-refractivity contribution in [3.8, 4) is 5.75 Å². The molecule has 2 heterocycles. The Morgan fingerprint density at radius 1 is 1.35 bits per heavy atom. The lowest BCUT2D eigenvalue weighted by atomic mass is 10.1. The number of rotatable bonds is 4. The fourth-order valence-corrected chi connectivity index (χ4v) is 3.63. The molecule has 0 aromatic heterocycles. The molecule has 2 fully saturated rings. The van der Waals surface area contributed by atoms with E-state index in [2.05, 4.69) is 10.2 Å². The number of nitrogens with one attached hydrogen (secondary N) is 1. The van der Waals surface area contributed by atoms with Crippen LogP contribution in [0.1, 0.15) is 18.9 Å². The van der Waals surface area contributed by atoms with Gasteiger partial charge in [0.25, 0.3) is 0 Å². The molecule has 6 nitrogen and oxygen atoms in total. The number of carbonyl (C=O) groups is 2. The smallest absolute Gasteiger partial charge is 0.237 e. The molecular weight excluding hydrogens is 294 g/mol. The van der Waals surface area contributed by atoms with Crippen LogP contribution >= 0.6 is 0 Å². The van der Waals surface area contributed by atoms with Crippen molar-refractivity contribution in [2.75, 3.05) is 26.7 Å². The van der Waals surface area contributed by atoms with Crippen LogP contribution in [-0.4, -0.2) is 60.4 Å². The summed E-state index contributed by atoms with van der Waals surface area (Å²) in [5.41, 5.74) is 1.09. The highest BCUT2D eigenvalue weighted by Gasteiger charge is 2.40. The number of carbonyl (C=O) groups excluding carboxylic acids is 2. The molecule has 0 bridgehead atoms. The quantitative estimate of drug-likeness (QED) is 0.884. The number of piperazine rings is 1. The van der Waals surface area contributed by atoms with E-state index in [1.54, 1.807) is 7.11 Å². The van der Waals surface area contributed by atoms with E-state index in [-0.39, 0.29) is 23.9 Å². The lowest BCUT2D eigenvalue weighted by Crippen LogP contribution is -2.53. The van der Waals surface area contributed by atoms with Gasteiger partial charge in [0.2, 0.25) is 11.8 Å². The van der Waals surface area contributed by atoms with Gasteiger partial charge in [0.05, 0.1) is 13.7 Å². The van der Waals surface area contributed by atoms with Crippen LogP contribution in [0, 0.1) is 0 Å². The van der Waals surface area contributed by atoms with Crippen molar-refractivity contribution < 1.29 is 14.3 Å². The molecule has 2 atom stereocenters. The molecule has 3 rings (SSSR count). The summed E-state index contributed by atoms with van der Waals surface area (Å²) in [5.74, 6) is 0.960. The summed E-state index contributed by atoms with van der Waals surface area (Å²) < 4.78 is 5.39. The SMILES string of the molecule is COc1ccccc1CN1CC(=O)N2C[C@@H](NC(C)=O)C[C@H]2C1. The van der Waals surface area contributed by atoms with Crippen LogP contribution in [0.4, 0.5) is 0 Å². The van der Waals surface area contributed by atoms with Crippen molar-refractivity contribution in [1.29, 1.82) is 0 Å². The second-order valence-electron chi connectivity index (χ2n) is 6.31. The topological polar surface area (TPSA) is 61.9 Å². The molecule has 1 aromatic carbocycles. The van der Waals surface area contributed by atoms with Crippen LogP contribution in [0.2, 0.25) is 0 Å². The van der Waals surface area contributed by atoms with Crippen molar-refractivity contribution in [3.63, 3.8) is 0 Å². The van der Waals surface area contributed by atoms with Gasteiger partial charge in [-0.1, -0.05) is 18.2 Å². The number of hydrogen-bond donors (Lipinski definition) is 1. The molecule has 0 radical (unpaired) electrons. The highest BCUT2D eigenvalue weighted by molar-refractivity contribution is 5.80. The van der Waals surface area contributed by atoms with Crippen LogP contribution < -0.4 is 10.1 Å². The fourth-order valence-electron chi connectivity index (χ4n) is 3.63. The van der Waals surface area contributed by atoms with Crippen LogP contribution in [-0.2, 0) is 16.1 Å². The minimum atomic E-state index is -0.0341. The van der Waals surface area contributed by atoms with Gasteiger partial charge in [0.1, 0.15) is 5.75 Å². The molecule has 1 N–H and O–H groups in total. The summed E-state index contributed by atoms with van der Waals surface area (Å²) in [6.45, 7) is 4.10.